The lowest BCUT2D eigenvalue weighted by Crippen LogP contribution is -2.63. The number of aliphatic imine (C=N–C) groups is 1. The molecule has 0 aromatic rings. The molecular weight excluding hydrogens is 560 g/mol. The predicted octanol–water partition coefficient (Wildman–Crippen LogP) is 6.22. The fraction of sp³-hybridized carbons (Fsp3) is 0.919. The van der Waals surface area contributed by atoms with E-state index >= 15 is 0 Å². The van der Waals surface area contributed by atoms with Crippen molar-refractivity contribution in [3.8, 4) is 0 Å². The standard InChI is InChI=1S/C37H64N6O2/c1-5-6-7-9-13-16-29-24-32-20-21-33-34(27(4)39-37(41-29)43(32)33)35(44)45-26(3)15-12-10-8-11-14-17-28-23-31-19-18-30-22-25(2)38-36(40-28)42(30)31/h25-34H,5-24H2,1-4H3,(H2,38,39,40,41)/p+1/t25-,26+,27+,28+,29+,30+,31-,32-,33-,34-/m0/s1. The van der Waals surface area contributed by atoms with E-state index < -0.39 is 0 Å². The van der Waals surface area contributed by atoms with Crippen LogP contribution in [0.3, 0.4) is 0 Å². The van der Waals surface area contributed by atoms with Gasteiger partial charge in [-0.05, 0) is 78.6 Å². The lowest BCUT2D eigenvalue weighted by atomic mass is 9.89. The van der Waals surface area contributed by atoms with Crippen LogP contribution in [0.15, 0.2) is 4.99 Å². The lowest BCUT2D eigenvalue weighted by molar-refractivity contribution is -0.593. The molecule has 0 amide bonds. The van der Waals surface area contributed by atoms with E-state index in [4.69, 9.17) is 9.73 Å². The van der Waals surface area contributed by atoms with Gasteiger partial charge in [-0.3, -0.25) is 20.0 Å². The number of unbranched alkanes of at least 4 members (excludes halogenated alkanes) is 8. The molecule has 0 saturated carbocycles. The number of nitrogens with one attached hydrogen (secondary N) is 3. The molecule has 3 fully saturated rings. The van der Waals surface area contributed by atoms with Crippen LogP contribution in [0.1, 0.15) is 156 Å². The van der Waals surface area contributed by atoms with Gasteiger partial charge >= 0.3 is 11.9 Å². The second kappa shape index (κ2) is 15.3. The number of rotatable bonds is 16. The van der Waals surface area contributed by atoms with Gasteiger partial charge in [0.15, 0.2) is 5.96 Å². The Morgan fingerprint density at radius 3 is 2.33 bits per heavy atom. The normalized spacial score (nSPS) is 35.5. The summed E-state index contributed by atoms with van der Waals surface area (Å²) in [6, 6.07) is 3.99. The van der Waals surface area contributed by atoms with Crippen molar-refractivity contribution >= 4 is 17.9 Å². The molecule has 6 aliphatic heterocycles. The summed E-state index contributed by atoms with van der Waals surface area (Å²) in [4.78, 5) is 21.0. The number of ether oxygens (including phenoxy) is 1. The van der Waals surface area contributed by atoms with Crippen molar-refractivity contribution in [1.29, 1.82) is 0 Å². The van der Waals surface area contributed by atoms with Crippen LogP contribution in [0.5, 0.6) is 0 Å². The molecule has 3 N–H and O–H groups in total. The van der Waals surface area contributed by atoms with Gasteiger partial charge < -0.3 is 15.0 Å². The summed E-state index contributed by atoms with van der Waals surface area (Å²) in [7, 11) is 0. The molecule has 10 atom stereocenters. The predicted molar refractivity (Wildman–Crippen MR) is 183 cm³/mol. The Morgan fingerprint density at radius 2 is 1.56 bits per heavy atom. The van der Waals surface area contributed by atoms with Crippen LogP contribution in [-0.4, -0.2) is 81.8 Å². The highest BCUT2D eigenvalue weighted by molar-refractivity contribution is 5.86. The first kappa shape index (κ1) is 32.9. The fourth-order valence-corrected chi connectivity index (χ4v) is 9.85. The van der Waals surface area contributed by atoms with Crippen LogP contribution in [-0.2, 0) is 9.53 Å². The highest BCUT2D eigenvalue weighted by atomic mass is 16.5. The van der Waals surface area contributed by atoms with Gasteiger partial charge in [-0.25, -0.2) is 4.99 Å². The summed E-state index contributed by atoms with van der Waals surface area (Å²) in [5.74, 6) is 2.22. The maximum atomic E-state index is 13.5. The number of guanidine groups is 2. The maximum Gasteiger partial charge on any atom is 0.346 e. The summed E-state index contributed by atoms with van der Waals surface area (Å²) >= 11 is 0. The van der Waals surface area contributed by atoms with E-state index in [-0.39, 0.29) is 30.1 Å². The Balaban J connectivity index is 0.868. The van der Waals surface area contributed by atoms with Crippen molar-refractivity contribution in [2.45, 2.75) is 211 Å². The van der Waals surface area contributed by atoms with Crippen LogP contribution in [0.2, 0.25) is 0 Å². The number of hydrogen-bond donors (Lipinski definition) is 3. The van der Waals surface area contributed by atoms with E-state index in [9.17, 15) is 4.79 Å². The number of carbonyl (C=O) groups excluding carboxylic acids is 1. The average molecular weight is 626 g/mol. The number of carbonyl (C=O) groups is 1. The number of nitrogens with zero attached hydrogens (tertiary/aromatic N) is 3. The van der Waals surface area contributed by atoms with E-state index in [0.717, 1.165) is 37.3 Å². The first-order valence-corrected chi connectivity index (χ1v) is 19.4. The molecule has 8 nitrogen and oxygen atoms in total. The van der Waals surface area contributed by atoms with Gasteiger partial charge in [-0.1, -0.05) is 64.7 Å². The molecule has 0 radical (unpaired) electrons. The zero-order valence-electron chi connectivity index (χ0n) is 29.1. The molecule has 6 aliphatic rings. The zero-order chi connectivity index (χ0) is 31.3. The summed E-state index contributed by atoms with van der Waals surface area (Å²) in [6.45, 7) is 8.82. The minimum Gasteiger partial charge on any atom is -0.462 e. The van der Waals surface area contributed by atoms with Crippen LogP contribution in [0.25, 0.3) is 0 Å². The minimum atomic E-state index is -0.144. The Bertz CT molecular complexity index is 1060. The number of esters is 1. The van der Waals surface area contributed by atoms with E-state index in [1.165, 1.54) is 115 Å². The second-order valence-corrected chi connectivity index (χ2v) is 15.8. The topological polar surface area (TPSA) is 81.0 Å². The molecule has 254 valence electrons. The molecular formula is C37H65N6O2+. The summed E-state index contributed by atoms with van der Waals surface area (Å²) < 4.78 is 8.77. The van der Waals surface area contributed by atoms with Crippen LogP contribution < -0.4 is 16.0 Å². The third kappa shape index (κ3) is 7.77. The lowest BCUT2D eigenvalue weighted by Gasteiger charge is -2.47. The highest BCUT2D eigenvalue weighted by Gasteiger charge is 2.51. The first-order chi connectivity index (χ1) is 21.9. The van der Waals surface area contributed by atoms with Crippen molar-refractivity contribution in [1.82, 2.24) is 20.9 Å². The average Bonchev–Trinajstić information content (AvgIpc) is 3.61. The molecule has 0 aromatic heterocycles. The van der Waals surface area contributed by atoms with Crippen molar-refractivity contribution in [2.75, 3.05) is 0 Å². The smallest absolute Gasteiger partial charge is 0.346 e. The fourth-order valence-electron chi connectivity index (χ4n) is 9.85. The molecule has 0 bridgehead atoms. The third-order valence-corrected chi connectivity index (χ3v) is 12.1. The van der Waals surface area contributed by atoms with E-state index in [0.29, 0.717) is 24.2 Å². The van der Waals surface area contributed by atoms with Crippen LogP contribution in [0.4, 0.5) is 0 Å². The SMILES string of the molecule is CCCCCCC[C@@H]1C[C@@H]2CC[C@H]3[C@@H](C(=O)O[C@H](C)CCCCCCC[C@@H]4C[C@@H]5CC[C@@H]6C[C@H](C)NC(=[N+]65)N4)[C@@H](C)N=C(N1)N23. The van der Waals surface area contributed by atoms with Gasteiger partial charge in [0.2, 0.25) is 0 Å². The van der Waals surface area contributed by atoms with Gasteiger partial charge in [-0.15, -0.1) is 0 Å². The largest absolute Gasteiger partial charge is 0.462 e. The second-order valence-electron chi connectivity index (χ2n) is 15.8. The number of hydrogen-bond acceptors (Lipinski definition) is 7. The summed E-state index contributed by atoms with van der Waals surface area (Å²) in [6.07, 6.45) is 25.1. The maximum absolute atomic E-state index is 13.5. The first-order valence-electron chi connectivity index (χ1n) is 19.4. The molecule has 0 spiro atoms. The highest BCUT2D eigenvalue weighted by Crippen LogP contribution is 2.40. The molecule has 0 aliphatic carbocycles. The Kier molecular flexibility index (Phi) is 11.2. The van der Waals surface area contributed by atoms with Crippen molar-refractivity contribution in [3.63, 3.8) is 0 Å². The third-order valence-electron chi connectivity index (χ3n) is 12.1. The monoisotopic (exact) mass is 626 g/mol. The van der Waals surface area contributed by atoms with Gasteiger partial charge in [-0.2, -0.15) is 0 Å². The van der Waals surface area contributed by atoms with Gasteiger partial charge in [0.1, 0.15) is 0 Å². The summed E-state index contributed by atoms with van der Waals surface area (Å²) in [5, 5.41) is 11.4. The quantitative estimate of drug-likeness (QED) is 0.107. The van der Waals surface area contributed by atoms with Gasteiger partial charge in [0.25, 0.3) is 0 Å². The van der Waals surface area contributed by atoms with Crippen molar-refractivity contribution < 1.29 is 14.1 Å². The van der Waals surface area contributed by atoms with E-state index in [1.54, 1.807) is 0 Å². The Morgan fingerprint density at radius 1 is 0.867 bits per heavy atom. The summed E-state index contributed by atoms with van der Waals surface area (Å²) in [5.41, 5.74) is 0. The van der Waals surface area contributed by atoms with Gasteiger partial charge in [0.05, 0.1) is 42.2 Å². The Labute approximate surface area is 274 Å². The Hall–Kier alpha value is -1.99. The minimum absolute atomic E-state index is 0.0177. The molecule has 6 heterocycles. The molecule has 8 heteroatoms. The molecule has 45 heavy (non-hydrogen) atoms. The van der Waals surface area contributed by atoms with Crippen molar-refractivity contribution in [2.24, 2.45) is 10.9 Å². The van der Waals surface area contributed by atoms with Crippen molar-refractivity contribution in [3.05, 3.63) is 0 Å². The zero-order valence-corrected chi connectivity index (χ0v) is 29.1. The molecule has 0 unspecified atom stereocenters. The van der Waals surface area contributed by atoms with Crippen LogP contribution >= 0.6 is 0 Å². The van der Waals surface area contributed by atoms with Crippen LogP contribution in [0, 0.1) is 5.92 Å². The van der Waals surface area contributed by atoms with Gasteiger partial charge in [0, 0.05) is 31.0 Å². The molecule has 6 rings (SSSR count). The van der Waals surface area contributed by atoms with E-state index in [2.05, 4.69) is 53.1 Å². The van der Waals surface area contributed by atoms with E-state index in [1.807, 2.05) is 0 Å². The molecule has 0 aromatic carbocycles. The molecule has 3 saturated heterocycles.